The number of benzene rings is 1. The van der Waals surface area contributed by atoms with Gasteiger partial charge in [-0.2, -0.15) is 0 Å². The van der Waals surface area contributed by atoms with E-state index in [4.69, 9.17) is 9.47 Å². The second-order valence-corrected chi connectivity index (χ2v) is 7.09. The molecule has 0 amide bonds. The summed E-state index contributed by atoms with van der Waals surface area (Å²) in [6.45, 7) is 1.36. The Morgan fingerprint density at radius 3 is 2.48 bits per heavy atom. The molecule has 3 fully saturated rings. The molecule has 5 rings (SSSR count). The molecule has 3 nitrogen and oxygen atoms in total. The highest BCUT2D eigenvalue weighted by molar-refractivity contribution is 6.00. The van der Waals surface area contributed by atoms with Crippen LogP contribution in [0.25, 0.3) is 0 Å². The molecule has 0 spiro atoms. The molecule has 0 radical (unpaired) electrons. The number of fused-ring (bicyclic) bond motifs is 6. The summed E-state index contributed by atoms with van der Waals surface area (Å²) in [5.41, 5.74) is 0.818. The summed E-state index contributed by atoms with van der Waals surface area (Å²) >= 11 is 0. The van der Waals surface area contributed by atoms with E-state index in [0.717, 1.165) is 35.3 Å². The van der Waals surface area contributed by atoms with E-state index in [9.17, 15) is 4.79 Å². The Morgan fingerprint density at radius 1 is 1.00 bits per heavy atom. The molecule has 0 saturated heterocycles. The predicted octanol–water partition coefficient (Wildman–Crippen LogP) is 3.32. The summed E-state index contributed by atoms with van der Waals surface area (Å²) in [6.07, 6.45) is 5.00. The van der Waals surface area contributed by atoms with Crippen LogP contribution >= 0.6 is 0 Å². The summed E-state index contributed by atoms with van der Waals surface area (Å²) in [6, 6.07) is 5.73. The first-order chi connectivity index (χ1) is 10.3. The fourth-order valence-corrected chi connectivity index (χ4v) is 5.18. The Hall–Kier alpha value is -1.51. The van der Waals surface area contributed by atoms with Crippen LogP contribution in [0.2, 0.25) is 0 Å². The third-order valence-electron chi connectivity index (χ3n) is 6.07. The Kier molecular flexibility index (Phi) is 2.44. The Morgan fingerprint density at radius 2 is 1.71 bits per heavy atom. The van der Waals surface area contributed by atoms with Crippen molar-refractivity contribution in [3.8, 4) is 11.5 Å². The van der Waals surface area contributed by atoms with Gasteiger partial charge in [-0.1, -0.05) is 0 Å². The largest absolute Gasteiger partial charge is 0.490 e. The normalized spacial score (nSPS) is 38.8. The highest BCUT2D eigenvalue weighted by Gasteiger charge is 2.67. The SMILES string of the molecule is O=C(c1ccc2c(c1)OCCCO2)C1C2C3CCC(C3)C12. The number of hydrogen-bond donors (Lipinski definition) is 0. The van der Waals surface area contributed by atoms with Gasteiger partial charge in [-0.25, -0.2) is 0 Å². The maximum absolute atomic E-state index is 12.8. The molecule has 3 aliphatic carbocycles. The molecule has 21 heavy (non-hydrogen) atoms. The van der Waals surface area contributed by atoms with Crippen LogP contribution in [-0.2, 0) is 0 Å². The van der Waals surface area contributed by atoms with E-state index in [1.165, 1.54) is 19.3 Å². The number of carbonyl (C=O) groups excluding carboxylic acids is 1. The van der Waals surface area contributed by atoms with Crippen molar-refractivity contribution < 1.29 is 14.3 Å². The standard InChI is InChI=1S/C18H20O3/c19-18(17-15-10-2-3-11(8-10)16(15)17)12-4-5-13-14(9-12)21-7-1-6-20-13/h4-5,9-11,15-17H,1-3,6-8H2. The quantitative estimate of drug-likeness (QED) is 0.782. The number of carbonyl (C=O) groups is 1. The van der Waals surface area contributed by atoms with Gasteiger partial charge in [-0.05, 0) is 61.1 Å². The minimum absolute atomic E-state index is 0.306. The first-order valence-electron chi connectivity index (χ1n) is 8.27. The third-order valence-corrected chi connectivity index (χ3v) is 6.07. The fraction of sp³-hybridized carbons (Fsp3) is 0.611. The van der Waals surface area contributed by atoms with Gasteiger partial charge in [-0.3, -0.25) is 4.79 Å². The van der Waals surface area contributed by atoms with E-state index in [0.29, 0.717) is 36.8 Å². The van der Waals surface area contributed by atoms with Crippen molar-refractivity contribution in [3.63, 3.8) is 0 Å². The van der Waals surface area contributed by atoms with Gasteiger partial charge in [0.2, 0.25) is 0 Å². The third kappa shape index (κ3) is 1.69. The van der Waals surface area contributed by atoms with Crippen LogP contribution in [0.15, 0.2) is 18.2 Å². The maximum atomic E-state index is 12.8. The van der Waals surface area contributed by atoms with Gasteiger partial charge in [0.25, 0.3) is 0 Å². The lowest BCUT2D eigenvalue weighted by atomic mass is 9.96. The van der Waals surface area contributed by atoms with Crippen molar-refractivity contribution in [2.24, 2.45) is 29.6 Å². The molecule has 1 aliphatic heterocycles. The first-order valence-corrected chi connectivity index (χ1v) is 8.27. The van der Waals surface area contributed by atoms with Crippen LogP contribution in [-0.4, -0.2) is 19.0 Å². The molecule has 1 heterocycles. The highest BCUT2D eigenvalue weighted by atomic mass is 16.5. The molecular weight excluding hydrogens is 264 g/mol. The molecule has 1 aromatic rings. The topological polar surface area (TPSA) is 35.5 Å². The minimum atomic E-state index is 0.306. The lowest BCUT2D eigenvalue weighted by molar-refractivity contribution is 0.0944. The molecule has 1 aromatic carbocycles. The first kappa shape index (κ1) is 12.1. The van der Waals surface area contributed by atoms with Gasteiger partial charge < -0.3 is 9.47 Å². The second-order valence-electron chi connectivity index (χ2n) is 7.09. The number of ketones is 1. The van der Waals surface area contributed by atoms with Gasteiger partial charge in [0, 0.05) is 17.9 Å². The summed E-state index contributed by atoms with van der Waals surface area (Å²) in [5, 5.41) is 0. The molecule has 2 bridgehead atoms. The fourth-order valence-electron chi connectivity index (χ4n) is 5.18. The van der Waals surface area contributed by atoms with Crippen LogP contribution < -0.4 is 9.47 Å². The summed E-state index contributed by atoms with van der Waals surface area (Å²) in [5.74, 6) is 5.26. The minimum Gasteiger partial charge on any atom is -0.490 e. The predicted molar refractivity (Wildman–Crippen MR) is 77.7 cm³/mol. The van der Waals surface area contributed by atoms with Crippen LogP contribution in [0.3, 0.4) is 0 Å². The zero-order chi connectivity index (χ0) is 14.0. The van der Waals surface area contributed by atoms with E-state index in [1.54, 1.807) is 0 Å². The molecule has 4 atom stereocenters. The van der Waals surface area contributed by atoms with E-state index in [1.807, 2.05) is 18.2 Å². The Balaban J connectivity index is 1.41. The Bertz CT molecular complexity index is 592. The smallest absolute Gasteiger partial charge is 0.166 e. The average molecular weight is 284 g/mol. The van der Waals surface area contributed by atoms with Gasteiger partial charge in [0.1, 0.15) is 0 Å². The van der Waals surface area contributed by atoms with Gasteiger partial charge in [-0.15, -0.1) is 0 Å². The highest BCUT2D eigenvalue weighted by Crippen LogP contribution is 2.70. The number of Topliss-reactive ketones (excluding diaryl/α,β-unsaturated/α-hetero) is 1. The number of rotatable bonds is 2. The molecule has 4 unspecified atom stereocenters. The molecule has 4 aliphatic rings. The van der Waals surface area contributed by atoms with Crippen LogP contribution in [0.1, 0.15) is 36.0 Å². The molecule has 3 heteroatoms. The summed E-state index contributed by atoms with van der Waals surface area (Å²) in [7, 11) is 0. The average Bonchev–Trinajstić information content (AvgIpc) is 3.06. The zero-order valence-electron chi connectivity index (χ0n) is 12.1. The lowest BCUT2D eigenvalue weighted by Crippen LogP contribution is -2.10. The number of ether oxygens (including phenoxy) is 2. The van der Waals surface area contributed by atoms with Gasteiger partial charge in [0.05, 0.1) is 13.2 Å². The molecular formula is C18H20O3. The summed E-state index contributed by atoms with van der Waals surface area (Å²) in [4.78, 5) is 12.8. The van der Waals surface area contributed by atoms with Gasteiger partial charge in [0.15, 0.2) is 17.3 Å². The van der Waals surface area contributed by atoms with Crippen LogP contribution in [0.5, 0.6) is 11.5 Å². The van der Waals surface area contributed by atoms with Gasteiger partial charge >= 0.3 is 0 Å². The van der Waals surface area contributed by atoms with Crippen LogP contribution in [0.4, 0.5) is 0 Å². The second kappa shape index (κ2) is 4.25. The van der Waals surface area contributed by atoms with E-state index < -0.39 is 0 Å². The van der Waals surface area contributed by atoms with Crippen LogP contribution in [0, 0.1) is 29.6 Å². The van der Waals surface area contributed by atoms with Crippen molar-refractivity contribution in [3.05, 3.63) is 23.8 Å². The molecule has 0 N–H and O–H groups in total. The van der Waals surface area contributed by atoms with E-state index >= 15 is 0 Å². The summed E-state index contributed by atoms with van der Waals surface area (Å²) < 4.78 is 11.4. The number of hydrogen-bond acceptors (Lipinski definition) is 3. The van der Waals surface area contributed by atoms with Crippen molar-refractivity contribution in [2.45, 2.75) is 25.7 Å². The van der Waals surface area contributed by atoms with E-state index in [-0.39, 0.29) is 0 Å². The van der Waals surface area contributed by atoms with Crippen molar-refractivity contribution >= 4 is 5.78 Å². The monoisotopic (exact) mass is 284 g/mol. The van der Waals surface area contributed by atoms with Crippen molar-refractivity contribution in [1.29, 1.82) is 0 Å². The Labute approximate surface area is 124 Å². The van der Waals surface area contributed by atoms with Crippen molar-refractivity contribution in [1.82, 2.24) is 0 Å². The maximum Gasteiger partial charge on any atom is 0.166 e. The zero-order valence-corrected chi connectivity index (χ0v) is 12.1. The van der Waals surface area contributed by atoms with E-state index in [2.05, 4.69) is 0 Å². The molecule has 110 valence electrons. The van der Waals surface area contributed by atoms with Crippen molar-refractivity contribution in [2.75, 3.05) is 13.2 Å². The molecule has 0 aromatic heterocycles. The molecule has 3 saturated carbocycles. The lowest BCUT2D eigenvalue weighted by Gasteiger charge is -2.11.